The number of nitrogens with zero attached hydrogens (tertiary/aromatic N) is 1. The van der Waals surface area contributed by atoms with E-state index >= 15 is 0 Å². The molecule has 94 valence electrons. The summed E-state index contributed by atoms with van der Waals surface area (Å²) in [6.07, 6.45) is 0.660. The maximum absolute atomic E-state index is 13.0. The van der Waals surface area contributed by atoms with Gasteiger partial charge >= 0.3 is 0 Å². The van der Waals surface area contributed by atoms with Gasteiger partial charge in [0.05, 0.1) is 5.56 Å². The second kappa shape index (κ2) is 5.32. The van der Waals surface area contributed by atoms with Crippen LogP contribution in [0.1, 0.15) is 21.5 Å². The summed E-state index contributed by atoms with van der Waals surface area (Å²) in [7, 11) is 0. The minimum atomic E-state index is -0.346. The number of hydrogen-bond donors (Lipinski definition) is 0. The van der Waals surface area contributed by atoms with Gasteiger partial charge in [-0.2, -0.15) is 5.26 Å². The van der Waals surface area contributed by atoms with Gasteiger partial charge in [-0.25, -0.2) is 4.39 Å². The van der Waals surface area contributed by atoms with E-state index in [0.29, 0.717) is 28.9 Å². The van der Waals surface area contributed by atoms with Gasteiger partial charge in [-0.1, -0.05) is 0 Å². The zero-order valence-corrected chi connectivity index (χ0v) is 10.2. The first kappa shape index (κ1) is 12.8. The number of carbonyl (C=O) groups excluding carboxylic acids is 1. The third kappa shape index (κ3) is 2.78. The lowest BCUT2D eigenvalue weighted by molar-refractivity contribution is 0.112. The van der Waals surface area contributed by atoms with Crippen LogP contribution in [-0.4, -0.2) is 6.29 Å². The molecule has 0 saturated heterocycles. The smallest absolute Gasteiger partial charge is 0.150 e. The highest BCUT2D eigenvalue weighted by atomic mass is 19.1. The summed E-state index contributed by atoms with van der Waals surface area (Å²) in [6, 6.07) is 10.6. The van der Waals surface area contributed by atoms with Crippen LogP contribution in [0.4, 0.5) is 4.39 Å². The molecular weight excluding hydrogens is 245 g/mol. The molecule has 2 rings (SSSR count). The molecule has 0 aromatic heterocycles. The van der Waals surface area contributed by atoms with Gasteiger partial charge in [0.1, 0.15) is 29.7 Å². The Morgan fingerprint density at radius 1 is 1.21 bits per heavy atom. The molecule has 0 atom stereocenters. The summed E-state index contributed by atoms with van der Waals surface area (Å²) in [5, 5.41) is 9.02. The summed E-state index contributed by atoms with van der Waals surface area (Å²) in [6.45, 7) is 1.71. The van der Waals surface area contributed by atoms with Crippen molar-refractivity contribution in [1.29, 1.82) is 5.26 Å². The Labute approximate surface area is 109 Å². The number of benzene rings is 2. The van der Waals surface area contributed by atoms with Crippen molar-refractivity contribution in [3.8, 4) is 17.6 Å². The van der Waals surface area contributed by atoms with Crippen LogP contribution in [0, 0.1) is 24.1 Å². The summed E-state index contributed by atoms with van der Waals surface area (Å²) >= 11 is 0. The molecule has 0 radical (unpaired) electrons. The Morgan fingerprint density at radius 3 is 2.58 bits per heavy atom. The topological polar surface area (TPSA) is 50.1 Å². The molecule has 0 heterocycles. The van der Waals surface area contributed by atoms with Crippen LogP contribution in [0.5, 0.6) is 11.5 Å². The molecule has 0 N–H and O–H groups in total. The standard InChI is InChI=1S/C15H10FNO2/c1-10-6-13(16)3-5-14(10)19-15-4-2-11(9-18)7-12(15)8-17/h2-7,9H,1H3. The minimum Gasteiger partial charge on any atom is -0.456 e. The van der Waals surface area contributed by atoms with Crippen LogP contribution >= 0.6 is 0 Å². The van der Waals surface area contributed by atoms with Crippen LogP contribution in [0.2, 0.25) is 0 Å². The first-order chi connectivity index (χ1) is 9.13. The highest BCUT2D eigenvalue weighted by Crippen LogP contribution is 2.28. The molecule has 0 aliphatic rings. The second-order valence-electron chi connectivity index (χ2n) is 4.00. The molecule has 4 heteroatoms. The third-order valence-electron chi connectivity index (χ3n) is 2.62. The average Bonchev–Trinajstić information content (AvgIpc) is 2.42. The molecule has 19 heavy (non-hydrogen) atoms. The van der Waals surface area contributed by atoms with Gasteiger partial charge in [-0.15, -0.1) is 0 Å². The molecule has 0 spiro atoms. The van der Waals surface area contributed by atoms with Gasteiger partial charge in [-0.05, 0) is 48.9 Å². The van der Waals surface area contributed by atoms with Crippen LogP contribution in [0.25, 0.3) is 0 Å². The Morgan fingerprint density at radius 2 is 1.95 bits per heavy atom. The van der Waals surface area contributed by atoms with E-state index in [0.717, 1.165) is 0 Å². The number of aldehydes is 1. The van der Waals surface area contributed by atoms with Crippen molar-refractivity contribution in [2.75, 3.05) is 0 Å². The predicted molar refractivity (Wildman–Crippen MR) is 67.8 cm³/mol. The molecule has 0 aliphatic carbocycles. The number of carbonyl (C=O) groups is 1. The Hall–Kier alpha value is -2.67. The molecule has 0 bridgehead atoms. The SMILES string of the molecule is Cc1cc(F)ccc1Oc1ccc(C=O)cc1C#N. The van der Waals surface area contributed by atoms with Crippen molar-refractivity contribution in [1.82, 2.24) is 0 Å². The zero-order chi connectivity index (χ0) is 13.8. The van der Waals surface area contributed by atoms with Crippen LogP contribution in [0.3, 0.4) is 0 Å². The molecular formula is C15H10FNO2. The number of nitriles is 1. The maximum Gasteiger partial charge on any atom is 0.150 e. The Kier molecular flexibility index (Phi) is 3.58. The van der Waals surface area contributed by atoms with Crippen molar-refractivity contribution in [3.63, 3.8) is 0 Å². The van der Waals surface area contributed by atoms with Crippen LogP contribution in [-0.2, 0) is 0 Å². The molecule has 2 aromatic carbocycles. The lowest BCUT2D eigenvalue weighted by Gasteiger charge is -2.10. The molecule has 0 unspecified atom stereocenters. The fourth-order valence-electron chi connectivity index (χ4n) is 1.64. The highest BCUT2D eigenvalue weighted by Gasteiger charge is 2.08. The van der Waals surface area contributed by atoms with Gasteiger partial charge in [0.15, 0.2) is 0 Å². The minimum absolute atomic E-state index is 0.258. The van der Waals surface area contributed by atoms with Gasteiger partial charge in [0, 0.05) is 5.56 Å². The largest absolute Gasteiger partial charge is 0.456 e. The van der Waals surface area contributed by atoms with Crippen molar-refractivity contribution >= 4 is 6.29 Å². The Bertz CT molecular complexity index is 674. The first-order valence-electron chi connectivity index (χ1n) is 5.57. The lowest BCUT2D eigenvalue weighted by Crippen LogP contribution is -1.92. The summed E-state index contributed by atoms with van der Waals surface area (Å²) in [5.74, 6) is 0.459. The van der Waals surface area contributed by atoms with E-state index < -0.39 is 0 Å². The van der Waals surface area contributed by atoms with E-state index in [2.05, 4.69) is 0 Å². The molecule has 0 saturated carbocycles. The van der Waals surface area contributed by atoms with Crippen LogP contribution in [0.15, 0.2) is 36.4 Å². The van der Waals surface area contributed by atoms with Crippen molar-refractivity contribution in [2.45, 2.75) is 6.92 Å². The number of halogens is 1. The van der Waals surface area contributed by atoms with E-state index in [4.69, 9.17) is 10.00 Å². The normalized spacial score (nSPS) is 9.74. The summed E-state index contributed by atoms with van der Waals surface area (Å²) in [4.78, 5) is 10.6. The quantitative estimate of drug-likeness (QED) is 0.787. The molecule has 2 aromatic rings. The summed E-state index contributed by atoms with van der Waals surface area (Å²) < 4.78 is 18.6. The zero-order valence-electron chi connectivity index (χ0n) is 10.2. The monoisotopic (exact) mass is 255 g/mol. The number of rotatable bonds is 3. The molecule has 3 nitrogen and oxygen atoms in total. The fraction of sp³-hybridized carbons (Fsp3) is 0.0667. The van der Waals surface area contributed by atoms with Gasteiger partial charge < -0.3 is 4.74 Å². The van der Waals surface area contributed by atoms with E-state index in [1.807, 2.05) is 6.07 Å². The predicted octanol–water partition coefficient (Wildman–Crippen LogP) is 3.61. The summed E-state index contributed by atoms with van der Waals surface area (Å²) in [5.41, 5.74) is 1.29. The molecule has 0 fully saturated rings. The van der Waals surface area contributed by atoms with E-state index in [1.165, 1.54) is 24.3 Å². The molecule has 0 amide bonds. The maximum atomic E-state index is 13.0. The number of ether oxygens (including phenoxy) is 1. The van der Waals surface area contributed by atoms with Crippen molar-refractivity contribution in [2.24, 2.45) is 0 Å². The van der Waals surface area contributed by atoms with E-state index in [-0.39, 0.29) is 11.4 Å². The van der Waals surface area contributed by atoms with Gasteiger partial charge in [0.2, 0.25) is 0 Å². The second-order valence-corrected chi connectivity index (χ2v) is 4.00. The molecule has 0 aliphatic heterocycles. The van der Waals surface area contributed by atoms with Crippen molar-refractivity contribution in [3.05, 3.63) is 58.9 Å². The number of aryl methyl sites for hydroxylation is 1. The van der Waals surface area contributed by atoms with E-state index in [9.17, 15) is 9.18 Å². The average molecular weight is 255 g/mol. The lowest BCUT2D eigenvalue weighted by atomic mass is 10.1. The highest BCUT2D eigenvalue weighted by molar-refractivity contribution is 5.76. The van der Waals surface area contributed by atoms with Crippen LogP contribution < -0.4 is 4.74 Å². The number of hydrogen-bond acceptors (Lipinski definition) is 3. The van der Waals surface area contributed by atoms with E-state index in [1.54, 1.807) is 19.1 Å². The van der Waals surface area contributed by atoms with Gasteiger partial charge in [0.25, 0.3) is 0 Å². The van der Waals surface area contributed by atoms with Gasteiger partial charge in [-0.3, -0.25) is 4.79 Å². The fourth-order valence-corrected chi connectivity index (χ4v) is 1.64. The first-order valence-corrected chi connectivity index (χ1v) is 5.57. The van der Waals surface area contributed by atoms with Crippen molar-refractivity contribution < 1.29 is 13.9 Å². The third-order valence-corrected chi connectivity index (χ3v) is 2.62. The Balaban J connectivity index is 2.38.